The van der Waals surface area contributed by atoms with E-state index in [4.69, 9.17) is 0 Å². The van der Waals surface area contributed by atoms with Gasteiger partial charge in [0.15, 0.2) is 5.82 Å². The third kappa shape index (κ3) is 8.17. The number of nitrogens with zero attached hydrogens (tertiary/aromatic N) is 7. The fourth-order valence-corrected chi connectivity index (χ4v) is 12.5. The van der Waals surface area contributed by atoms with E-state index in [0.29, 0.717) is 99.4 Å². The Morgan fingerprint density at radius 3 is 2.36 bits per heavy atom. The van der Waals surface area contributed by atoms with Crippen LogP contribution in [0.5, 0.6) is 0 Å². The van der Waals surface area contributed by atoms with Crippen molar-refractivity contribution in [2.45, 2.75) is 101 Å². The first-order valence-corrected chi connectivity index (χ1v) is 25.4. The predicted molar refractivity (Wildman–Crippen MR) is 270 cm³/mol. The van der Waals surface area contributed by atoms with Crippen LogP contribution in [0.1, 0.15) is 110 Å². The Morgan fingerprint density at radius 2 is 1.68 bits per heavy atom. The number of nitrogens with one attached hydrogen (secondary N) is 2. The van der Waals surface area contributed by atoms with Crippen LogP contribution in [0.3, 0.4) is 0 Å². The summed E-state index contributed by atoms with van der Waals surface area (Å²) in [5.74, 6) is -1.67. The summed E-state index contributed by atoms with van der Waals surface area (Å²) in [4.78, 5) is 77.9. The Bertz CT molecular complexity index is 3140. The van der Waals surface area contributed by atoms with E-state index in [2.05, 4.69) is 44.5 Å². The third-order valence-corrected chi connectivity index (χ3v) is 16.8. The molecule has 2 aromatic carbocycles. The van der Waals surface area contributed by atoms with Crippen LogP contribution < -0.4 is 26.0 Å². The number of aromatic nitrogens is 3. The molecule has 72 heavy (non-hydrogen) atoms. The standard InChI is InChI=1S/C55H61F2N9O6/c1-32-25-36(26-40(56)49(32)35-12-21-62(22-13-35)33(2)46-28-38-43(9-18-59-50(38)61(46)4)65-31-41(57)42(58-3)29-48(65)68)52(70)64-19-10-34(11-20-64)30-54(72)16-23-63(24-17-54)37-5-6-44-39(27-37)55(14-15-55)53(71)66(44)45-7-8-47(67)60-51(45)69/h5-6,9,12,18,25-29,31,33-34,45,58,72H,7-8,10-11,13-17,19-24,30H2,1-4H3,(H,60,67,69)/t33-,45?/m0/s1. The number of carbonyl (C=O) groups excluding carboxylic acids is 4. The van der Waals surface area contributed by atoms with Gasteiger partial charge in [0.2, 0.25) is 17.7 Å². The molecule has 5 aliphatic heterocycles. The maximum absolute atomic E-state index is 16.2. The van der Waals surface area contributed by atoms with Crippen molar-refractivity contribution >= 4 is 57.3 Å². The molecular weight excluding hydrogens is 921 g/mol. The quantitative estimate of drug-likeness (QED) is 0.129. The van der Waals surface area contributed by atoms with Crippen LogP contribution in [0.15, 0.2) is 71.8 Å². The number of hydrogen-bond acceptors (Lipinski definition) is 10. The number of imide groups is 1. The van der Waals surface area contributed by atoms with E-state index in [1.165, 1.54) is 22.9 Å². The van der Waals surface area contributed by atoms with Gasteiger partial charge in [0.05, 0.1) is 28.6 Å². The first kappa shape index (κ1) is 47.6. The normalized spacial score (nSPS) is 21.5. The number of benzene rings is 2. The lowest BCUT2D eigenvalue weighted by Gasteiger charge is -2.42. The first-order chi connectivity index (χ1) is 34.6. The van der Waals surface area contributed by atoms with Gasteiger partial charge in [0.25, 0.3) is 11.5 Å². The summed E-state index contributed by atoms with van der Waals surface area (Å²) >= 11 is 0. The minimum atomic E-state index is -0.831. The van der Waals surface area contributed by atoms with Crippen LogP contribution in [0.2, 0.25) is 0 Å². The highest BCUT2D eigenvalue weighted by Gasteiger charge is 2.61. The Balaban J connectivity index is 0.689. The minimum absolute atomic E-state index is 0.0533. The molecule has 2 atom stereocenters. The molecule has 15 nitrogen and oxygen atoms in total. The number of pyridine rings is 2. The molecule has 376 valence electrons. The van der Waals surface area contributed by atoms with Gasteiger partial charge < -0.3 is 24.8 Å². The lowest BCUT2D eigenvalue weighted by atomic mass is 9.79. The topological polar surface area (TPSA) is 165 Å². The lowest BCUT2D eigenvalue weighted by Crippen LogP contribution is -2.54. The van der Waals surface area contributed by atoms with Crippen molar-refractivity contribution < 1.29 is 33.1 Å². The second-order valence-corrected chi connectivity index (χ2v) is 21.1. The molecule has 1 spiro atoms. The Morgan fingerprint density at radius 1 is 0.917 bits per heavy atom. The number of piperidine rings is 3. The smallest absolute Gasteiger partial charge is 0.257 e. The minimum Gasteiger partial charge on any atom is -0.390 e. The second kappa shape index (κ2) is 18.1. The number of aryl methyl sites for hydroxylation is 2. The number of hydrogen-bond donors (Lipinski definition) is 3. The summed E-state index contributed by atoms with van der Waals surface area (Å²) in [6.45, 7) is 7.60. The zero-order valence-corrected chi connectivity index (χ0v) is 41.3. The van der Waals surface area contributed by atoms with Gasteiger partial charge >= 0.3 is 0 Å². The zero-order valence-electron chi connectivity index (χ0n) is 41.3. The van der Waals surface area contributed by atoms with Crippen molar-refractivity contribution in [2.24, 2.45) is 13.0 Å². The number of carbonyl (C=O) groups is 4. The van der Waals surface area contributed by atoms with Gasteiger partial charge in [-0.3, -0.25) is 43.7 Å². The third-order valence-electron chi connectivity index (χ3n) is 16.8. The molecule has 6 aliphatic rings. The largest absolute Gasteiger partial charge is 0.390 e. The van der Waals surface area contributed by atoms with Crippen molar-refractivity contribution in [3.05, 3.63) is 117 Å². The van der Waals surface area contributed by atoms with Crippen molar-refractivity contribution in [1.82, 2.24) is 29.2 Å². The van der Waals surface area contributed by atoms with Crippen LogP contribution in [0.25, 0.3) is 22.3 Å². The SMILES string of the molecule is CNc1cc(=O)n(-c2ccnc3c2cc([C@H](C)N2CC=C(c4c(C)cc(C(=O)N5CCC(CC6(O)CCN(c7ccc8c(c7)C7(CC7)C(=O)N8C7CCC(=O)NC7=O)CC6)CC5)cc4F)CC2)n3C)cc1F. The molecule has 4 fully saturated rings. The van der Waals surface area contributed by atoms with Gasteiger partial charge in [-0.2, -0.15) is 0 Å². The van der Waals surface area contributed by atoms with E-state index < -0.39 is 34.6 Å². The van der Waals surface area contributed by atoms with Gasteiger partial charge in [-0.1, -0.05) is 6.08 Å². The summed E-state index contributed by atoms with van der Waals surface area (Å²) in [5.41, 5.74) is 5.70. The second-order valence-electron chi connectivity index (χ2n) is 21.1. The molecular formula is C55H61F2N9O6. The molecule has 0 bridgehead atoms. The number of aliphatic hydroxyl groups is 1. The molecule has 3 aromatic heterocycles. The monoisotopic (exact) mass is 981 g/mol. The fraction of sp³-hybridized carbons (Fsp3) is 0.455. The molecule has 0 radical (unpaired) electrons. The van der Waals surface area contributed by atoms with Crippen molar-refractivity contribution in [3.8, 4) is 5.69 Å². The van der Waals surface area contributed by atoms with Crippen LogP contribution in [0, 0.1) is 24.5 Å². The van der Waals surface area contributed by atoms with Crippen LogP contribution in [-0.2, 0) is 26.8 Å². The average molecular weight is 982 g/mol. The Hall–Kier alpha value is -6.72. The van der Waals surface area contributed by atoms with Crippen molar-refractivity contribution in [1.29, 1.82) is 0 Å². The zero-order chi connectivity index (χ0) is 50.4. The Kier molecular flexibility index (Phi) is 12.0. The number of halogens is 2. The number of rotatable bonds is 10. The van der Waals surface area contributed by atoms with E-state index in [0.717, 1.165) is 59.3 Å². The predicted octanol–water partition coefficient (Wildman–Crippen LogP) is 6.66. The molecule has 1 saturated carbocycles. The summed E-state index contributed by atoms with van der Waals surface area (Å²) in [6, 6.07) is 13.4. The maximum Gasteiger partial charge on any atom is 0.257 e. The van der Waals surface area contributed by atoms with Crippen molar-refractivity contribution in [3.63, 3.8) is 0 Å². The van der Waals surface area contributed by atoms with E-state index in [9.17, 15) is 33.5 Å². The van der Waals surface area contributed by atoms with Gasteiger partial charge in [0.1, 0.15) is 17.5 Å². The van der Waals surface area contributed by atoms with E-state index in [-0.39, 0.29) is 47.3 Å². The Labute approximate surface area is 416 Å². The highest BCUT2D eigenvalue weighted by molar-refractivity contribution is 6.15. The van der Waals surface area contributed by atoms with Crippen LogP contribution in [0.4, 0.5) is 25.8 Å². The molecule has 3 saturated heterocycles. The highest BCUT2D eigenvalue weighted by Crippen LogP contribution is 2.59. The summed E-state index contributed by atoms with van der Waals surface area (Å²) in [7, 11) is 3.49. The number of anilines is 3. The molecule has 4 amide bonds. The molecule has 17 heteroatoms. The molecule has 5 aromatic rings. The summed E-state index contributed by atoms with van der Waals surface area (Å²) in [6.07, 6.45) is 10.8. The van der Waals surface area contributed by atoms with Gasteiger partial charge in [-0.25, -0.2) is 13.8 Å². The number of amides is 4. The highest BCUT2D eigenvalue weighted by atomic mass is 19.1. The fourth-order valence-electron chi connectivity index (χ4n) is 12.5. The average Bonchev–Trinajstić information content (AvgIpc) is 4.06. The maximum atomic E-state index is 16.2. The van der Waals surface area contributed by atoms with Gasteiger partial charge in [0, 0.05) is 112 Å². The molecule has 3 N–H and O–H groups in total. The van der Waals surface area contributed by atoms with E-state index in [1.807, 2.05) is 41.6 Å². The molecule has 8 heterocycles. The summed E-state index contributed by atoms with van der Waals surface area (Å²) in [5, 5.41) is 17.7. The van der Waals surface area contributed by atoms with E-state index >= 15 is 4.39 Å². The van der Waals surface area contributed by atoms with Gasteiger partial charge in [-0.05, 0) is 137 Å². The molecule has 1 aliphatic carbocycles. The van der Waals surface area contributed by atoms with Crippen molar-refractivity contribution in [2.75, 3.05) is 61.4 Å². The van der Waals surface area contributed by atoms with Crippen LogP contribution in [-0.4, -0.2) is 111 Å². The lowest BCUT2D eigenvalue weighted by molar-refractivity contribution is -0.135. The first-order valence-electron chi connectivity index (χ1n) is 25.4. The molecule has 1 unspecified atom stereocenters. The summed E-state index contributed by atoms with van der Waals surface area (Å²) < 4.78 is 34.2. The molecule has 11 rings (SSSR count). The number of likely N-dealkylation sites (tertiary alicyclic amines) is 1. The number of fused-ring (bicyclic) bond motifs is 3. The van der Waals surface area contributed by atoms with E-state index in [1.54, 1.807) is 30.3 Å². The van der Waals surface area contributed by atoms with Crippen LogP contribution >= 0.6 is 0 Å². The van der Waals surface area contributed by atoms with Gasteiger partial charge in [-0.15, -0.1) is 0 Å².